The first-order valence-electron chi connectivity index (χ1n) is 6.05. The molecule has 0 unspecified atom stereocenters. The summed E-state index contributed by atoms with van der Waals surface area (Å²) in [4.78, 5) is 4.14. The molecule has 0 atom stereocenters. The number of aromatic nitrogens is 4. The minimum atomic E-state index is 0.450. The third-order valence-electron chi connectivity index (χ3n) is 2.72. The summed E-state index contributed by atoms with van der Waals surface area (Å²) in [5.41, 5.74) is 1.75. The largest absolute Gasteiger partial charge is 0.376 e. The van der Waals surface area contributed by atoms with Crippen LogP contribution in [0.25, 0.3) is 5.69 Å². The van der Waals surface area contributed by atoms with E-state index < -0.39 is 0 Å². The standard InChI is InChI=1S/C13H12ClN5O/c1-9-17-13(18-20-9)8-15-11-7-10(14)3-4-12(11)19-6-2-5-16-19/h2-7,15H,8H2,1H3. The van der Waals surface area contributed by atoms with Crippen molar-refractivity contribution >= 4 is 17.3 Å². The summed E-state index contributed by atoms with van der Waals surface area (Å²) >= 11 is 6.04. The smallest absolute Gasteiger partial charge is 0.223 e. The van der Waals surface area contributed by atoms with Crippen molar-refractivity contribution in [3.05, 3.63) is 53.4 Å². The maximum atomic E-state index is 6.04. The Hall–Kier alpha value is -2.34. The quantitative estimate of drug-likeness (QED) is 0.800. The molecule has 1 N–H and O–H groups in total. The van der Waals surface area contributed by atoms with Gasteiger partial charge in [0, 0.05) is 24.3 Å². The van der Waals surface area contributed by atoms with Crippen LogP contribution in [0.2, 0.25) is 5.02 Å². The van der Waals surface area contributed by atoms with Crippen molar-refractivity contribution < 1.29 is 4.52 Å². The number of nitrogens with one attached hydrogen (secondary N) is 1. The van der Waals surface area contributed by atoms with Crippen molar-refractivity contribution in [2.24, 2.45) is 0 Å². The highest BCUT2D eigenvalue weighted by Crippen LogP contribution is 2.24. The molecule has 0 spiro atoms. The molecule has 0 aliphatic carbocycles. The molecule has 2 heterocycles. The van der Waals surface area contributed by atoms with E-state index in [1.807, 2.05) is 30.5 Å². The summed E-state index contributed by atoms with van der Waals surface area (Å²) in [6, 6.07) is 7.42. The van der Waals surface area contributed by atoms with Gasteiger partial charge in [-0.25, -0.2) is 4.68 Å². The average molecular weight is 290 g/mol. The number of nitrogens with zero attached hydrogens (tertiary/aromatic N) is 4. The maximum Gasteiger partial charge on any atom is 0.223 e. The minimum Gasteiger partial charge on any atom is -0.376 e. The van der Waals surface area contributed by atoms with Crippen molar-refractivity contribution in [3.63, 3.8) is 0 Å². The zero-order valence-corrected chi connectivity index (χ0v) is 11.5. The van der Waals surface area contributed by atoms with Crippen molar-refractivity contribution in [2.75, 3.05) is 5.32 Å². The van der Waals surface area contributed by atoms with E-state index in [1.165, 1.54) is 0 Å². The molecule has 0 saturated carbocycles. The number of anilines is 1. The van der Waals surface area contributed by atoms with Gasteiger partial charge in [-0.1, -0.05) is 16.8 Å². The molecule has 2 aromatic heterocycles. The predicted molar refractivity (Wildman–Crippen MR) is 74.9 cm³/mol. The highest BCUT2D eigenvalue weighted by atomic mass is 35.5. The normalized spacial score (nSPS) is 10.7. The van der Waals surface area contributed by atoms with Crippen LogP contribution in [0.15, 0.2) is 41.2 Å². The third kappa shape index (κ3) is 2.65. The van der Waals surface area contributed by atoms with E-state index in [0.717, 1.165) is 11.4 Å². The second kappa shape index (κ2) is 5.34. The Bertz CT molecular complexity index is 707. The van der Waals surface area contributed by atoms with E-state index >= 15 is 0 Å². The first-order valence-corrected chi connectivity index (χ1v) is 6.43. The Kier molecular flexibility index (Phi) is 3.39. The molecular formula is C13H12ClN5O. The van der Waals surface area contributed by atoms with Gasteiger partial charge >= 0.3 is 0 Å². The second-order valence-electron chi connectivity index (χ2n) is 4.20. The second-order valence-corrected chi connectivity index (χ2v) is 4.63. The number of hydrogen-bond donors (Lipinski definition) is 1. The molecule has 7 heteroatoms. The Balaban J connectivity index is 1.86. The average Bonchev–Trinajstić information content (AvgIpc) is 3.08. The molecule has 0 bridgehead atoms. The number of benzene rings is 1. The molecule has 102 valence electrons. The van der Waals surface area contributed by atoms with E-state index in [0.29, 0.717) is 23.3 Å². The van der Waals surface area contributed by atoms with Crippen LogP contribution in [-0.2, 0) is 6.54 Å². The van der Waals surface area contributed by atoms with Gasteiger partial charge in [0.2, 0.25) is 5.89 Å². The van der Waals surface area contributed by atoms with E-state index in [4.69, 9.17) is 16.1 Å². The van der Waals surface area contributed by atoms with Crippen LogP contribution in [-0.4, -0.2) is 19.9 Å². The van der Waals surface area contributed by atoms with Gasteiger partial charge in [0.1, 0.15) is 0 Å². The van der Waals surface area contributed by atoms with Crippen LogP contribution in [0.1, 0.15) is 11.7 Å². The van der Waals surface area contributed by atoms with Crippen molar-refractivity contribution in [1.29, 1.82) is 0 Å². The van der Waals surface area contributed by atoms with Crippen molar-refractivity contribution in [1.82, 2.24) is 19.9 Å². The molecule has 0 fully saturated rings. The molecule has 3 rings (SSSR count). The SMILES string of the molecule is Cc1nc(CNc2cc(Cl)ccc2-n2cccn2)no1. The fraction of sp³-hybridized carbons (Fsp3) is 0.154. The number of aryl methyl sites for hydroxylation is 1. The number of hydrogen-bond acceptors (Lipinski definition) is 5. The van der Waals surface area contributed by atoms with Gasteiger partial charge in [-0.2, -0.15) is 10.1 Å². The Morgan fingerprint density at radius 1 is 1.40 bits per heavy atom. The molecule has 20 heavy (non-hydrogen) atoms. The van der Waals surface area contributed by atoms with E-state index in [9.17, 15) is 0 Å². The summed E-state index contributed by atoms with van der Waals surface area (Å²) < 4.78 is 6.70. The lowest BCUT2D eigenvalue weighted by Gasteiger charge is -2.11. The van der Waals surface area contributed by atoms with Gasteiger partial charge in [-0.15, -0.1) is 0 Å². The summed E-state index contributed by atoms with van der Waals surface area (Å²) in [6.07, 6.45) is 3.59. The van der Waals surface area contributed by atoms with Gasteiger partial charge in [-0.3, -0.25) is 0 Å². The van der Waals surface area contributed by atoms with Crippen LogP contribution in [0.5, 0.6) is 0 Å². The first kappa shape index (κ1) is 12.7. The van der Waals surface area contributed by atoms with E-state index in [1.54, 1.807) is 17.8 Å². The summed E-state index contributed by atoms with van der Waals surface area (Å²) in [5.74, 6) is 1.13. The first-order chi connectivity index (χ1) is 9.72. The Morgan fingerprint density at radius 3 is 3.00 bits per heavy atom. The number of rotatable bonds is 4. The molecule has 0 aliphatic heterocycles. The molecule has 0 aliphatic rings. The third-order valence-corrected chi connectivity index (χ3v) is 2.95. The van der Waals surface area contributed by atoms with Crippen LogP contribution >= 0.6 is 11.6 Å². The fourth-order valence-corrected chi connectivity index (χ4v) is 2.02. The lowest BCUT2D eigenvalue weighted by molar-refractivity contribution is 0.388. The Labute approximate surface area is 120 Å². The van der Waals surface area contributed by atoms with Gasteiger partial charge in [0.05, 0.1) is 17.9 Å². The van der Waals surface area contributed by atoms with Gasteiger partial charge < -0.3 is 9.84 Å². The topological polar surface area (TPSA) is 68.8 Å². The minimum absolute atomic E-state index is 0.450. The fourth-order valence-electron chi connectivity index (χ4n) is 1.85. The lowest BCUT2D eigenvalue weighted by atomic mass is 10.2. The molecule has 3 aromatic rings. The highest BCUT2D eigenvalue weighted by molar-refractivity contribution is 6.31. The van der Waals surface area contributed by atoms with E-state index in [-0.39, 0.29) is 0 Å². The molecule has 0 amide bonds. The molecule has 0 saturated heterocycles. The molecule has 6 nitrogen and oxygen atoms in total. The monoisotopic (exact) mass is 289 g/mol. The zero-order valence-electron chi connectivity index (χ0n) is 10.7. The molecular weight excluding hydrogens is 278 g/mol. The van der Waals surface area contributed by atoms with Crippen molar-refractivity contribution in [3.8, 4) is 5.69 Å². The zero-order chi connectivity index (χ0) is 13.9. The summed E-state index contributed by atoms with van der Waals surface area (Å²) in [6.45, 7) is 2.21. The highest BCUT2D eigenvalue weighted by Gasteiger charge is 2.08. The number of halogens is 1. The Morgan fingerprint density at radius 2 is 2.30 bits per heavy atom. The van der Waals surface area contributed by atoms with Crippen LogP contribution in [0, 0.1) is 6.92 Å². The summed E-state index contributed by atoms with van der Waals surface area (Å²) in [7, 11) is 0. The van der Waals surface area contributed by atoms with Crippen LogP contribution in [0.4, 0.5) is 5.69 Å². The molecule has 1 aromatic carbocycles. The van der Waals surface area contributed by atoms with Gasteiger partial charge in [-0.05, 0) is 24.3 Å². The van der Waals surface area contributed by atoms with Crippen LogP contribution in [0.3, 0.4) is 0 Å². The van der Waals surface area contributed by atoms with E-state index in [2.05, 4.69) is 20.6 Å². The predicted octanol–water partition coefficient (Wildman–Crippen LogP) is 2.83. The van der Waals surface area contributed by atoms with Gasteiger partial charge in [0.25, 0.3) is 0 Å². The van der Waals surface area contributed by atoms with Crippen LogP contribution < -0.4 is 5.32 Å². The molecule has 0 radical (unpaired) electrons. The summed E-state index contributed by atoms with van der Waals surface area (Å²) in [5, 5.41) is 11.9. The van der Waals surface area contributed by atoms with Gasteiger partial charge in [0.15, 0.2) is 5.82 Å². The van der Waals surface area contributed by atoms with Crippen molar-refractivity contribution in [2.45, 2.75) is 13.5 Å². The maximum absolute atomic E-state index is 6.04. The lowest BCUT2D eigenvalue weighted by Crippen LogP contribution is -2.06.